The Kier molecular flexibility index (Phi) is 5.49. The molecule has 2 heterocycles. The minimum Gasteiger partial charge on any atom is -0.364 e. The van der Waals surface area contributed by atoms with E-state index in [1.165, 1.54) is 10.5 Å². The molecule has 1 fully saturated rings. The third-order valence-electron chi connectivity index (χ3n) is 5.86. The Morgan fingerprint density at radius 1 is 0.793 bits per heavy atom. The Hall–Kier alpha value is -2.92. The molecule has 4 rings (SSSR count). The first kappa shape index (κ1) is 19.4. The predicted octanol–water partition coefficient (Wildman–Crippen LogP) is 3.17. The van der Waals surface area contributed by atoms with Gasteiger partial charge < -0.3 is 9.80 Å². The average Bonchev–Trinajstić information content (AvgIpc) is 3.04. The van der Waals surface area contributed by atoms with Crippen LogP contribution in [0.2, 0.25) is 0 Å². The van der Waals surface area contributed by atoms with Crippen LogP contribution in [-0.2, 0) is 16.0 Å². The topological polar surface area (TPSA) is 43.9 Å². The maximum Gasteiger partial charge on any atom is 0.282 e. The summed E-state index contributed by atoms with van der Waals surface area (Å²) in [4.78, 5) is 32.7. The van der Waals surface area contributed by atoms with Gasteiger partial charge in [0.05, 0.1) is 11.3 Å². The SMILES string of the molecule is CCc1ccc(N2C(=O)C(c3ccccc3)=C(N3CCN(CC)CC3)C2=O)cc1. The highest BCUT2D eigenvalue weighted by Gasteiger charge is 2.42. The molecule has 5 nitrogen and oxygen atoms in total. The monoisotopic (exact) mass is 389 g/mol. The van der Waals surface area contributed by atoms with Gasteiger partial charge in [0.2, 0.25) is 0 Å². The van der Waals surface area contributed by atoms with E-state index in [-0.39, 0.29) is 11.8 Å². The zero-order chi connectivity index (χ0) is 20.4. The lowest BCUT2D eigenvalue weighted by molar-refractivity contribution is -0.120. The van der Waals surface area contributed by atoms with Crippen LogP contribution in [0.4, 0.5) is 5.69 Å². The van der Waals surface area contributed by atoms with E-state index in [4.69, 9.17) is 0 Å². The van der Waals surface area contributed by atoms with Gasteiger partial charge in [-0.3, -0.25) is 9.59 Å². The normalized spacial score (nSPS) is 18.1. The van der Waals surface area contributed by atoms with Crippen molar-refractivity contribution in [2.24, 2.45) is 0 Å². The first-order chi connectivity index (χ1) is 14.1. The van der Waals surface area contributed by atoms with Gasteiger partial charge >= 0.3 is 0 Å². The van der Waals surface area contributed by atoms with E-state index in [1.807, 2.05) is 54.6 Å². The number of amides is 2. The van der Waals surface area contributed by atoms with Gasteiger partial charge in [0.1, 0.15) is 5.70 Å². The largest absolute Gasteiger partial charge is 0.364 e. The van der Waals surface area contributed by atoms with Crippen molar-refractivity contribution in [3.05, 3.63) is 71.4 Å². The summed E-state index contributed by atoms with van der Waals surface area (Å²) in [5.74, 6) is -0.457. The minimum absolute atomic E-state index is 0.219. The first-order valence-corrected chi connectivity index (χ1v) is 10.4. The third-order valence-corrected chi connectivity index (χ3v) is 5.86. The summed E-state index contributed by atoms with van der Waals surface area (Å²) < 4.78 is 0. The van der Waals surface area contributed by atoms with Gasteiger partial charge in [-0.25, -0.2) is 4.90 Å². The molecule has 2 aliphatic heterocycles. The fourth-order valence-electron chi connectivity index (χ4n) is 4.08. The average molecular weight is 389 g/mol. The number of likely N-dealkylation sites (N-methyl/N-ethyl adjacent to an activating group) is 1. The van der Waals surface area contributed by atoms with Gasteiger partial charge in [0.15, 0.2) is 0 Å². The second-order valence-corrected chi connectivity index (χ2v) is 7.48. The summed E-state index contributed by atoms with van der Waals surface area (Å²) in [6.45, 7) is 8.54. The van der Waals surface area contributed by atoms with E-state index in [1.54, 1.807) is 0 Å². The maximum atomic E-state index is 13.5. The van der Waals surface area contributed by atoms with E-state index in [0.29, 0.717) is 17.0 Å². The van der Waals surface area contributed by atoms with E-state index in [0.717, 1.165) is 44.7 Å². The molecule has 0 atom stereocenters. The molecule has 2 aliphatic rings. The van der Waals surface area contributed by atoms with Crippen LogP contribution in [0.15, 0.2) is 60.3 Å². The summed E-state index contributed by atoms with van der Waals surface area (Å²) in [5.41, 5.74) is 3.66. The van der Waals surface area contributed by atoms with Gasteiger partial charge in [-0.05, 0) is 36.2 Å². The molecule has 2 aromatic rings. The molecule has 0 aliphatic carbocycles. The summed E-state index contributed by atoms with van der Waals surface area (Å²) in [7, 11) is 0. The van der Waals surface area contributed by atoms with Gasteiger partial charge in [0, 0.05) is 26.2 Å². The van der Waals surface area contributed by atoms with Crippen molar-refractivity contribution in [1.29, 1.82) is 0 Å². The first-order valence-electron chi connectivity index (χ1n) is 10.4. The number of carbonyl (C=O) groups is 2. The van der Waals surface area contributed by atoms with Crippen molar-refractivity contribution >= 4 is 23.1 Å². The number of carbonyl (C=O) groups excluding carboxylic acids is 2. The Labute approximate surface area is 172 Å². The molecular weight excluding hydrogens is 362 g/mol. The van der Waals surface area contributed by atoms with Crippen molar-refractivity contribution in [3.63, 3.8) is 0 Å². The molecule has 29 heavy (non-hydrogen) atoms. The number of nitrogens with zero attached hydrogens (tertiary/aromatic N) is 3. The van der Waals surface area contributed by atoms with E-state index < -0.39 is 0 Å². The van der Waals surface area contributed by atoms with Crippen LogP contribution in [0.5, 0.6) is 0 Å². The second-order valence-electron chi connectivity index (χ2n) is 7.48. The quantitative estimate of drug-likeness (QED) is 0.737. The molecule has 0 unspecified atom stereocenters. The van der Waals surface area contributed by atoms with Crippen molar-refractivity contribution in [2.45, 2.75) is 20.3 Å². The zero-order valence-corrected chi connectivity index (χ0v) is 17.1. The molecule has 0 spiro atoms. The molecule has 2 aromatic carbocycles. The third kappa shape index (κ3) is 3.58. The number of piperazine rings is 1. The summed E-state index contributed by atoms with van der Waals surface area (Å²) in [6, 6.07) is 17.3. The Morgan fingerprint density at radius 3 is 2.03 bits per heavy atom. The Bertz CT molecular complexity index is 926. The summed E-state index contributed by atoms with van der Waals surface area (Å²) in [6.07, 6.45) is 0.919. The standard InChI is InChI=1S/C24H27N3O2/c1-3-18-10-12-20(13-11-18)27-23(28)21(19-8-6-5-7-9-19)22(24(27)29)26-16-14-25(4-2)15-17-26/h5-13H,3-4,14-17H2,1-2H3. The highest BCUT2D eigenvalue weighted by Crippen LogP contribution is 2.35. The smallest absolute Gasteiger partial charge is 0.282 e. The molecule has 0 bridgehead atoms. The molecular formula is C24H27N3O2. The summed E-state index contributed by atoms with van der Waals surface area (Å²) in [5, 5.41) is 0. The molecule has 1 saturated heterocycles. The number of anilines is 1. The second kappa shape index (κ2) is 8.21. The zero-order valence-electron chi connectivity index (χ0n) is 17.1. The van der Waals surface area contributed by atoms with Crippen LogP contribution < -0.4 is 4.90 Å². The van der Waals surface area contributed by atoms with Crippen LogP contribution in [0.1, 0.15) is 25.0 Å². The number of imide groups is 1. The molecule has 0 N–H and O–H groups in total. The molecule has 5 heteroatoms. The van der Waals surface area contributed by atoms with Crippen LogP contribution in [0.25, 0.3) is 5.57 Å². The number of hydrogen-bond acceptors (Lipinski definition) is 4. The van der Waals surface area contributed by atoms with E-state index in [9.17, 15) is 9.59 Å². The number of hydrogen-bond donors (Lipinski definition) is 0. The fourth-order valence-corrected chi connectivity index (χ4v) is 4.08. The lowest BCUT2D eigenvalue weighted by Gasteiger charge is -2.36. The number of benzene rings is 2. The molecule has 150 valence electrons. The molecule has 0 radical (unpaired) electrons. The van der Waals surface area contributed by atoms with Crippen LogP contribution in [0.3, 0.4) is 0 Å². The van der Waals surface area contributed by atoms with Crippen molar-refractivity contribution in [3.8, 4) is 0 Å². The van der Waals surface area contributed by atoms with Crippen molar-refractivity contribution in [2.75, 3.05) is 37.6 Å². The fraction of sp³-hybridized carbons (Fsp3) is 0.333. The van der Waals surface area contributed by atoms with Crippen LogP contribution in [0, 0.1) is 0 Å². The summed E-state index contributed by atoms with van der Waals surface area (Å²) >= 11 is 0. The highest BCUT2D eigenvalue weighted by atomic mass is 16.2. The van der Waals surface area contributed by atoms with Gasteiger partial charge in [0.25, 0.3) is 11.8 Å². The maximum absolute atomic E-state index is 13.5. The number of aryl methyl sites for hydroxylation is 1. The lowest BCUT2D eigenvalue weighted by atomic mass is 10.0. The minimum atomic E-state index is -0.238. The molecule has 0 aromatic heterocycles. The predicted molar refractivity (Wildman–Crippen MR) is 115 cm³/mol. The van der Waals surface area contributed by atoms with Gasteiger partial charge in [-0.2, -0.15) is 0 Å². The Balaban J connectivity index is 1.74. The lowest BCUT2D eigenvalue weighted by Crippen LogP contribution is -2.47. The van der Waals surface area contributed by atoms with Crippen LogP contribution >= 0.6 is 0 Å². The Morgan fingerprint density at radius 2 is 1.45 bits per heavy atom. The van der Waals surface area contributed by atoms with Crippen LogP contribution in [-0.4, -0.2) is 54.3 Å². The van der Waals surface area contributed by atoms with Gasteiger partial charge in [-0.1, -0.05) is 56.3 Å². The van der Waals surface area contributed by atoms with E-state index >= 15 is 0 Å². The van der Waals surface area contributed by atoms with Gasteiger partial charge in [-0.15, -0.1) is 0 Å². The highest BCUT2D eigenvalue weighted by molar-refractivity contribution is 6.45. The molecule has 2 amide bonds. The van der Waals surface area contributed by atoms with E-state index in [2.05, 4.69) is 23.6 Å². The molecule has 0 saturated carbocycles. The van der Waals surface area contributed by atoms with Crippen molar-refractivity contribution < 1.29 is 9.59 Å². The van der Waals surface area contributed by atoms with Crippen molar-refractivity contribution in [1.82, 2.24) is 9.80 Å². The number of rotatable bonds is 5.